The Bertz CT molecular complexity index is 226. The number of rotatable bonds is 7. The van der Waals surface area contributed by atoms with Gasteiger partial charge >= 0.3 is 5.97 Å². The Balaban J connectivity index is 3.89. The molecule has 0 radical (unpaired) electrons. The van der Waals surface area contributed by atoms with E-state index >= 15 is 0 Å². The summed E-state index contributed by atoms with van der Waals surface area (Å²) >= 11 is 0. The molecule has 4 nitrogen and oxygen atoms in total. The number of hydrogen-bond acceptors (Lipinski definition) is 3. The van der Waals surface area contributed by atoms with Gasteiger partial charge in [-0.2, -0.15) is 0 Å². The fourth-order valence-corrected chi connectivity index (χ4v) is 0.992. The summed E-state index contributed by atoms with van der Waals surface area (Å²) in [6.45, 7) is 7.76. The Morgan fingerprint density at radius 3 is 2.60 bits per heavy atom. The smallest absolute Gasteiger partial charge is 0.325 e. The van der Waals surface area contributed by atoms with E-state index < -0.39 is 0 Å². The van der Waals surface area contributed by atoms with Crippen molar-refractivity contribution in [2.24, 2.45) is 0 Å². The summed E-state index contributed by atoms with van der Waals surface area (Å²) in [5, 5.41) is 0. The first-order chi connectivity index (χ1) is 7.11. The molecule has 0 heterocycles. The fraction of sp³-hybridized carbons (Fsp3) is 0.636. The minimum atomic E-state index is -0.361. The van der Waals surface area contributed by atoms with E-state index in [9.17, 15) is 9.59 Å². The Labute approximate surface area is 90.9 Å². The van der Waals surface area contributed by atoms with Gasteiger partial charge < -0.3 is 9.64 Å². The molecule has 0 unspecified atom stereocenters. The molecule has 0 aliphatic carbocycles. The van der Waals surface area contributed by atoms with Gasteiger partial charge in [-0.25, -0.2) is 0 Å². The van der Waals surface area contributed by atoms with E-state index in [0.717, 1.165) is 12.8 Å². The van der Waals surface area contributed by atoms with Gasteiger partial charge in [-0.15, -0.1) is 6.58 Å². The van der Waals surface area contributed by atoms with Gasteiger partial charge in [0.15, 0.2) is 0 Å². The van der Waals surface area contributed by atoms with Crippen LogP contribution < -0.4 is 0 Å². The second kappa shape index (κ2) is 8.03. The SMILES string of the molecule is C=CCN(CC(=O)OCCCC)C(C)=O. The summed E-state index contributed by atoms with van der Waals surface area (Å²) in [6.07, 6.45) is 3.42. The van der Waals surface area contributed by atoms with E-state index in [1.807, 2.05) is 6.92 Å². The van der Waals surface area contributed by atoms with Gasteiger partial charge in [0.1, 0.15) is 6.54 Å². The average molecular weight is 213 g/mol. The summed E-state index contributed by atoms with van der Waals surface area (Å²) in [7, 11) is 0. The minimum Gasteiger partial charge on any atom is -0.464 e. The van der Waals surface area contributed by atoms with E-state index in [1.54, 1.807) is 6.08 Å². The van der Waals surface area contributed by atoms with E-state index in [-0.39, 0.29) is 18.4 Å². The predicted molar refractivity (Wildman–Crippen MR) is 58.3 cm³/mol. The summed E-state index contributed by atoms with van der Waals surface area (Å²) in [4.78, 5) is 23.7. The highest BCUT2D eigenvalue weighted by Gasteiger charge is 2.12. The first-order valence-corrected chi connectivity index (χ1v) is 5.13. The highest BCUT2D eigenvalue weighted by Crippen LogP contribution is 1.94. The first-order valence-electron chi connectivity index (χ1n) is 5.13. The van der Waals surface area contributed by atoms with Crippen LogP contribution in [0.3, 0.4) is 0 Å². The van der Waals surface area contributed by atoms with Crippen molar-refractivity contribution in [2.45, 2.75) is 26.7 Å². The summed E-state index contributed by atoms with van der Waals surface area (Å²) in [5.41, 5.74) is 0. The second-order valence-electron chi connectivity index (χ2n) is 3.26. The molecule has 4 heteroatoms. The third-order valence-corrected chi connectivity index (χ3v) is 1.88. The minimum absolute atomic E-state index is 0.00503. The topological polar surface area (TPSA) is 46.6 Å². The number of unbranched alkanes of at least 4 members (excludes halogenated alkanes) is 1. The van der Waals surface area contributed by atoms with Crippen LogP contribution in [0.1, 0.15) is 26.7 Å². The standard InChI is InChI=1S/C11H19NO3/c1-4-6-8-15-11(14)9-12(7-5-2)10(3)13/h5H,2,4,6-9H2,1,3H3. The van der Waals surface area contributed by atoms with Gasteiger partial charge in [-0.3, -0.25) is 9.59 Å². The Kier molecular flexibility index (Phi) is 7.32. The number of esters is 1. The van der Waals surface area contributed by atoms with E-state index in [0.29, 0.717) is 13.2 Å². The largest absolute Gasteiger partial charge is 0.464 e. The third-order valence-electron chi connectivity index (χ3n) is 1.88. The molecule has 0 bridgehead atoms. The molecule has 0 fully saturated rings. The second-order valence-corrected chi connectivity index (χ2v) is 3.26. The highest BCUT2D eigenvalue weighted by molar-refractivity contribution is 5.80. The molecule has 0 spiro atoms. The maximum absolute atomic E-state index is 11.3. The maximum Gasteiger partial charge on any atom is 0.325 e. The van der Waals surface area contributed by atoms with Crippen LogP contribution in [-0.2, 0) is 14.3 Å². The molecular formula is C11H19NO3. The molecule has 0 aromatic rings. The zero-order chi connectivity index (χ0) is 11.7. The quantitative estimate of drug-likeness (QED) is 0.364. The Hall–Kier alpha value is -1.32. The fourth-order valence-electron chi connectivity index (χ4n) is 0.992. The molecule has 15 heavy (non-hydrogen) atoms. The number of hydrogen-bond donors (Lipinski definition) is 0. The average Bonchev–Trinajstić information content (AvgIpc) is 2.17. The van der Waals surface area contributed by atoms with Crippen LogP contribution in [0, 0.1) is 0 Å². The van der Waals surface area contributed by atoms with Crippen molar-refractivity contribution in [1.29, 1.82) is 0 Å². The van der Waals surface area contributed by atoms with Gasteiger partial charge in [0.25, 0.3) is 0 Å². The van der Waals surface area contributed by atoms with E-state index in [4.69, 9.17) is 4.74 Å². The lowest BCUT2D eigenvalue weighted by atomic mass is 10.4. The lowest BCUT2D eigenvalue weighted by molar-refractivity contribution is -0.148. The van der Waals surface area contributed by atoms with Crippen LogP contribution in [0.2, 0.25) is 0 Å². The third kappa shape index (κ3) is 6.71. The molecule has 0 aromatic carbocycles. The molecule has 0 aliphatic rings. The summed E-state index contributed by atoms with van der Waals surface area (Å²) in [5.74, 6) is -0.511. The van der Waals surface area contributed by atoms with Crippen molar-refractivity contribution in [3.8, 4) is 0 Å². The predicted octanol–water partition coefficient (Wildman–Crippen LogP) is 1.36. The highest BCUT2D eigenvalue weighted by atomic mass is 16.5. The number of ether oxygens (including phenoxy) is 1. The first kappa shape index (κ1) is 13.7. The van der Waals surface area contributed by atoms with Crippen LogP contribution in [-0.4, -0.2) is 36.5 Å². The van der Waals surface area contributed by atoms with Crippen molar-refractivity contribution < 1.29 is 14.3 Å². The van der Waals surface area contributed by atoms with Crippen molar-refractivity contribution in [3.05, 3.63) is 12.7 Å². The molecular weight excluding hydrogens is 194 g/mol. The summed E-state index contributed by atoms with van der Waals surface area (Å²) in [6, 6.07) is 0. The van der Waals surface area contributed by atoms with Crippen molar-refractivity contribution in [3.63, 3.8) is 0 Å². The molecule has 86 valence electrons. The molecule has 0 aromatic heterocycles. The zero-order valence-corrected chi connectivity index (χ0v) is 9.49. The van der Waals surface area contributed by atoms with Gasteiger partial charge in [0.2, 0.25) is 5.91 Å². The normalized spacial score (nSPS) is 9.47. The van der Waals surface area contributed by atoms with Gasteiger partial charge in [-0.1, -0.05) is 19.4 Å². The van der Waals surface area contributed by atoms with Crippen LogP contribution in [0.4, 0.5) is 0 Å². The molecule has 0 aliphatic heterocycles. The molecule has 0 rings (SSSR count). The van der Waals surface area contributed by atoms with E-state index in [1.165, 1.54) is 11.8 Å². The van der Waals surface area contributed by atoms with Gasteiger partial charge in [0, 0.05) is 13.5 Å². The molecule has 0 N–H and O–H groups in total. The van der Waals surface area contributed by atoms with Crippen molar-refractivity contribution >= 4 is 11.9 Å². The molecule has 1 amide bonds. The monoisotopic (exact) mass is 213 g/mol. The van der Waals surface area contributed by atoms with Gasteiger partial charge in [0.05, 0.1) is 6.61 Å². The lowest BCUT2D eigenvalue weighted by Crippen LogP contribution is -2.35. The van der Waals surface area contributed by atoms with Crippen LogP contribution >= 0.6 is 0 Å². The van der Waals surface area contributed by atoms with Crippen LogP contribution in [0.25, 0.3) is 0 Å². The molecule has 0 atom stereocenters. The number of carbonyl (C=O) groups is 2. The summed E-state index contributed by atoms with van der Waals surface area (Å²) < 4.78 is 4.94. The number of nitrogens with zero attached hydrogens (tertiary/aromatic N) is 1. The van der Waals surface area contributed by atoms with Crippen molar-refractivity contribution in [2.75, 3.05) is 19.7 Å². The maximum atomic E-state index is 11.3. The van der Waals surface area contributed by atoms with Crippen LogP contribution in [0.15, 0.2) is 12.7 Å². The molecule has 0 saturated carbocycles. The number of carbonyl (C=O) groups excluding carboxylic acids is 2. The van der Waals surface area contributed by atoms with Crippen LogP contribution in [0.5, 0.6) is 0 Å². The van der Waals surface area contributed by atoms with E-state index in [2.05, 4.69) is 6.58 Å². The van der Waals surface area contributed by atoms with Gasteiger partial charge in [-0.05, 0) is 6.42 Å². The molecule has 0 saturated heterocycles. The number of amides is 1. The lowest BCUT2D eigenvalue weighted by Gasteiger charge is -2.17. The Morgan fingerprint density at radius 2 is 2.13 bits per heavy atom. The zero-order valence-electron chi connectivity index (χ0n) is 9.49. The van der Waals surface area contributed by atoms with Crippen molar-refractivity contribution in [1.82, 2.24) is 4.90 Å². The Morgan fingerprint density at radius 1 is 1.47 bits per heavy atom.